The number of nitrogens with zero attached hydrogens (tertiary/aromatic N) is 3. The fraction of sp³-hybridized carbons (Fsp3) is 0.778. The second-order valence-electron chi connectivity index (χ2n) is 4.38. The molecule has 0 saturated carbocycles. The number of halogens is 3. The summed E-state index contributed by atoms with van der Waals surface area (Å²) in [5, 5.41) is 10.0. The molecule has 1 aliphatic rings. The number of piperidine rings is 1. The Morgan fingerprint density at radius 3 is 2.41 bits per heavy atom. The molecule has 4 nitrogen and oxygen atoms in total. The number of aromatic nitrogens is 2. The van der Waals surface area contributed by atoms with E-state index in [-0.39, 0.29) is 5.13 Å². The van der Waals surface area contributed by atoms with E-state index in [9.17, 15) is 18.3 Å². The second kappa shape index (κ2) is 4.09. The highest BCUT2D eigenvalue weighted by molar-refractivity contribution is 7.09. The lowest BCUT2D eigenvalue weighted by atomic mass is 9.94. The maximum absolute atomic E-state index is 12.3. The molecule has 17 heavy (non-hydrogen) atoms. The van der Waals surface area contributed by atoms with Crippen molar-refractivity contribution >= 4 is 16.7 Å². The van der Waals surface area contributed by atoms with E-state index in [0.717, 1.165) is 11.5 Å². The Labute approximate surface area is 100 Å². The van der Waals surface area contributed by atoms with Crippen LogP contribution in [0.2, 0.25) is 0 Å². The van der Waals surface area contributed by atoms with Crippen LogP contribution in [-0.4, -0.2) is 33.2 Å². The summed E-state index contributed by atoms with van der Waals surface area (Å²) in [5.74, 6) is -1.09. The summed E-state index contributed by atoms with van der Waals surface area (Å²) in [4.78, 5) is 5.21. The van der Waals surface area contributed by atoms with Gasteiger partial charge in [0.05, 0.1) is 5.60 Å². The molecule has 0 aliphatic carbocycles. The number of aliphatic hydroxyl groups is 1. The summed E-state index contributed by atoms with van der Waals surface area (Å²) < 4.78 is 40.2. The Bertz CT molecular complexity index is 394. The summed E-state index contributed by atoms with van der Waals surface area (Å²) >= 11 is 0.746. The third-order valence-electron chi connectivity index (χ3n) is 2.78. The number of anilines is 1. The Balaban J connectivity index is 2.07. The van der Waals surface area contributed by atoms with Crippen molar-refractivity contribution in [2.45, 2.75) is 31.5 Å². The Hall–Kier alpha value is -0.890. The van der Waals surface area contributed by atoms with Gasteiger partial charge in [0, 0.05) is 24.6 Å². The predicted octanol–water partition coefficient (Wildman–Crippen LogP) is 1.91. The van der Waals surface area contributed by atoms with Crippen LogP contribution in [0.4, 0.5) is 18.3 Å². The van der Waals surface area contributed by atoms with E-state index in [1.807, 2.05) is 0 Å². The molecule has 2 rings (SSSR count). The second-order valence-corrected chi connectivity index (χ2v) is 5.11. The van der Waals surface area contributed by atoms with E-state index in [0.29, 0.717) is 25.9 Å². The van der Waals surface area contributed by atoms with Crippen molar-refractivity contribution in [2.24, 2.45) is 0 Å². The van der Waals surface area contributed by atoms with Crippen molar-refractivity contribution in [3.05, 3.63) is 5.82 Å². The van der Waals surface area contributed by atoms with Gasteiger partial charge in [-0.05, 0) is 19.8 Å². The number of hydrogen-bond acceptors (Lipinski definition) is 5. The molecule has 0 spiro atoms. The molecule has 1 aliphatic heterocycles. The largest absolute Gasteiger partial charge is 0.452 e. The Morgan fingerprint density at radius 2 is 1.94 bits per heavy atom. The molecule has 1 saturated heterocycles. The topological polar surface area (TPSA) is 49.2 Å². The van der Waals surface area contributed by atoms with Gasteiger partial charge in [-0.25, -0.2) is 0 Å². The van der Waals surface area contributed by atoms with Crippen LogP contribution in [0.15, 0.2) is 0 Å². The minimum absolute atomic E-state index is 0.271. The van der Waals surface area contributed by atoms with E-state index < -0.39 is 17.6 Å². The molecule has 0 bridgehead atoms. The molecule has 0 unspecified atom stereocenters. The molecule has 0 aromatic carbocycles. The third kappa shape index (κ3) is 2.86. The highest BCUT2D eigenvalue weighted by Crippen LogP contribution is 2.32. The minimum Gasteiger partial charge on any atom is -0.390 e. The molecule has 1 aromatic rings. The van der Waals surface area contributed by atoms with Crippen molar-refractivity contribution in [1.29, 1.82) is 0 Å². The maximum atomic E-state index is 12.3. The monoisotopic (exact) mass is 267 g/mol. The Morgan fingerprint density at radius 1 is 1.35 bits per heavy atom. The zero-order valence-electron chi connectivity index (χ0n) is 9.16. The molecule has 2 heterocycles. The molecule has 0 amide bonds. The fourth-order valence-electron chi connectivity index (χ4n) is 1.64. The fourth-order valence-corrected chi connectivity index (χ4v) is 2.38. The lowest BCUT2D eigenvalue weighted by Crippen LogP contribution is -2.42. The lowest BCUT2D eigenvalue weighted by molar-refractivity contribution is -0.144. The van der Waals surface area contributed by atoms with Crippen LogP contribution in [0.1, 0.15) is 25.6 Å². The third-order valence-corrected chi connectivity index (χ3v) is 3.56. The summed E-state index contributed by atoms with van der Waals surface area (Å²) in [7, 11) is 0. The van der Waals surface area contributed by atoms with Gasteiger partial charge in [-0.1, -0.05) is 0 Å². The first-order valence-corrected chi connectivity index (χ1v) is 5.93. The number of alkyl halides is 3. The van der Waals surface area contributed by atoms with Crippen LogP contribution < -0.4 is 4.90 Å². The highest BCUT2D eigenvalue weighted by Gasteiger charge is 2.37. The van der Waals surface area contributed by atoms with Gasteiger partial charge in [0.15, 0.2) is 0 Å². The molecule has 1 fully saturated rings. The van der Waals surface area contributed by atoms with Crippen molar-refractivity contribution in [3.63, 3.8) is 0 Å². The molecule has 0 atom stereocenters. The van der Waals surface area contributed by atoms with Crippen molar-refractivity contribution in [2.75, 3.05) is 18.0 Å². The predicted molar refractivity (Wildman–Crippen MR) is 57.0 cm³/mol. The van der Waals surface area contributed by atoms with Gasteiger partial charge >= 0.3 is 6.18 Å². The normalized spacial score (nSPS) is 20.6. The van der Waals surface area contributed by atoms with Crippen LogP contribution in [0.3, 0.4) is 0 Å². The van der Waals surface area contributed by atoms with E-state index in [2.05, 4.69) is 9.36 Å². The standard InChI is InChI=1S/C9H12F3N3OS/c1-8(16)2-4-15(5-3-8)7-13-6(14-17-7)9(10,11)12/h16H,2-5H2,1H3. The van der Waals surface area contributed by atoms with Crippen LogP contribution in [-0.2, 0) is 6.18 Å². The lowest BCUT2D eigenvalue weighted by Gasteiger charge is -2.35. The van der Waals surface area contributed by atoms with Gasteiger partial charge in [-0.15, -0.1) is 0 Å². The van der Waals surface area contributed by atoms with Crippen molar-refractivity contribution < 1.29 is 18.3 Å². The SMILES string of the molecule is CC1(O)CCN(c2nc(C(F)(F)F)ns2)CC1. The van der Waals surface area contributed by atoms with Crippen LogP contribution in [0, 0.1) is 0 Å². The average Bonchev–Trinajstić information content (AvgIpc) is 2.66. The first kappa shape index (κ1) is 12.6. The quantitative estimate of drug-likeness (QED) is 0.844. The maximum Gasteiger partial charge on any atom is 0.452 e. The highest BCUT2D eigenvalue weighted by atomic mass is 32.1. The molecular weight excluding hydrogens is 255 g/mol. The molecule has 8 heteroatoms. The molecule has 1 aromatic heterocycles. The molecular formula is C9H12F3N3OS. The molecule has 0 radical (unpaired) electrons. The molecule has 96 valence electrons. The summed E-state index contributed by atoms with van der Waals surface area (Å²) in [6, 6.07) is 0. The minimum atomic E-state index is -4.49. The van der Waals surface area contributed by atoms with E-state index >= 15 is 0 Å². The van der Waals surface area contributed by atoms with Gasteiger partial charge in [-0.2, -0.15) is 22.5 Å². The van der Waals surface area contributed by atoms with Gasteiger partial charge in [0.25, 0.3) is 0 Å². The van der Waals surface area contributed by atoms with Gasteiger partial charge in [0.2, 0.25) is 11.0 Å². The summed E-state index contributed by atoms with van der Waals surface area (Å²) in [5.41, 5.74) is -0.728. The van der Waals surface area contributed by atoms with E-state index in [1.54, 1.807) is 11.8 Å². The van der Waals surface area contributed by atoms with Crippen molar-refractivity contribution in [1.82, 2.24) is 9.36 Å². The molecule has 1 N–H and O–H groups in total. The van der Waals surface area contributed by atoms with Crippen LogP contribution in [0.5, 0.6) is 0 Å². The zero-order chi connectivity index (χ0) is 12.7. The number of rotatable bonds is 1. The van der Waals surface area contributed by atoms with Gasteiger partial charge < -0.3 is 10.0 Å². The van der Waals surface area contributed by atoms with Gasteiger partial charge in [0.1, 0.15) is 0 Å². The Kier molecular flexibility index (Phi) is 3.03. The number of hydrogen-bond donors (Lipinski definition) is 1. The average molecular weight is 267 g/mol. The first-order valence-electron chi connectivity index (χ1n) is 5.16. The zero-order valence-corrected chi connectivity index (χ0v) is 9.98. The van der Waals surface area contributed by atoms with Crippen LogP contribution >= 0.6 is 11.5 Å². The van der Waals surface area contributed by atoms with Gasteiger partial charge in [-0.3, -0.25) is 0 Å². The van der Waals surface area contributed by atoms with E-state index in [1.165, 1.54) is 0 Å². The summed E-state index contributed by atoms with van der Waals surface area (Å²) in [6.07, 6.45) is -3.45. The smallest absolute Gasteiger partial charge is 0.390 e. The first-order chi connectivity index (χ1) is 7.78. The van der Waals surface area contributed by atoms with Crippen molar-refractivity contribution in [3.8, 4) is 0 Å². The summed E-state index contributed by atoms with van der Waals surface area (Å²) in [6.45, 7) is 2.73. The van der Waals surface area contributed by atoms with E-state index in [4.69, 9.17) is 0 Å². The van der Waals surface area contributed by atoms with Crippen LogP contribution in [0.25, 0.3) is 0 Å².